The van der Waals surface area contributed by atoms with Crippen LogP contribution in [-0.2, 0) is 7.05 Å². The fraction of sp³-hybridized carbons (Fsp3) is 0.438. The monoisotopic (exact) mass is 243 g/mol. The minimum absolute atomic E-state index is 0.263. The van der Waals surface area contributed by atoms with Crippen molar-refractivity contribution in [1.82, 2.24) is 4.57 Å². The van der Waals surface area contributed by atoms with Gasteiger partial charge in [0.05, 0.1) is 0 Å². The molecular weight excluding hydrogens is 222 g/mol. The van der Waals surface area contributed by atoms with Crippen LogP contribution in [0.4, 0.5) is 0 Å². The second-order valence-corrected chi connectivity index (χ2v) is 5.32. The summed E-state index contributed by atoms with van der Waals surface area (Å²) in [6.45, 7) is 6.34. The topological polar surface area (TPSA) is 22.0 Å². The third-order valence-corrected chi connectivity index (χ3v) is 3.68. The van der Waals surface area contributed by atoms with Crippen LogP contribution in [0.15, 0.2) is 24.4 Å². The van der Waals surface area contributed by atoms with E-state index in [4.69, 9.17) is 0 Å². The maximum Gasteiger partial charge on any atom is 0.165 e. The molecule has 0 N–H and O–H groups in total. The molecule has 0 spiro atoms. The molecule has 0 aliphatic rings. The molecule has 2 rings (SSSR count). The van der Waals surface area contributed by atoms with Gasteiger partial charge in [0.15, 0.2) is 5.78 Å². The Labute approximate surface area is 109 Å². The Morgan fingerprint density at radius 3 is 2.78 bits per heavy atom. The second kappa shape index (κ2) is 4.97. The first-order valence-corrected chi connectivity index (χ1v) is 6.61. The van der Waals surface area contributed by atoms with E-state index in [2.05, 4.69) is 39.0 Å². The van der Waals surface area contributed by atoms with Crippen molar-refractivity contribution in [2.45, 2.75) is 33.6 Å². The number of aryl methyl sites for hydroxylation is 2. The van der Waals surface area contributed by atoms with Gasteiger partial charge in [-0.2, -0.15) is 0 Å². The standard InChI is InChI=1S/C16H21NO/c1-5-11(2)9-16(18)14-10-17(4)15-8-12(3)6-7-13(14)15/h6-8,10-11H,5,9H2,1-4H3. The fourth-order valence-corrected chi connectivity index (χ4v) is 2.29. The lowest BCUT2D eigenvalue weighted by Gasteiger charge is -2.06. The minimum atomic E-state index is 0.263. The SMILES string of the molecule is CCC(C)CC(=O)c1cn(C)c2cc(C)ccc12. The van der Waals surface area contributed by atoms with E-state index in [-0.39, 0.29) is 5.78 Å². The third-order valence-electron chi connectivity index (χ3n) is 3.68. The van der Waals surface area contributed by atoms with E-state index in [1.807, 2.05) is 17.8 Å². The Balaban J connectivity index is 2.43. The summed E-state index contributed by atoms with van der Waals surface area (Å²) < 4.78 is 2.05. The van der Waals surface area contributed by atoms with Gasteiger partial charge in [-0.25, -0.2) is 0 Å². The maximum atomic E-state index is 12.3. The van der Waals surface area contributed by atoms with Gasteiger partial charge in [0.2, 0.25) is 0 Å². The quantitative estimate of drug-likeness (QED) is 0.741. The van der Waals surface area contributed by atoms with Gasteiger partial charge in [0, 0.05) is 36.1 Å². The summed E-state index contributed by atoms with van der Waals surface area (Å²) in [4.78, 5) is 12.3. The molecule has 2 heteroatoms. The summed E-state index contributed by atoms with van der Waals surface area (Å²) in [5.74, 6) is 0.719. The van der Waals surface area contributed by atoms with E-state index in [0.29, 0.717) is 12.3 Å². The van der Waals surface area contributed by atoms with Gasteiger partial charge in [-0.05, 0) is 24.5 Å². The number of Topliss-reactive ketones (excluding diaryl/α,β-unsaturated/α-hetero) is 1. The number of fused-ring (bicyclic) bond motifs is 1. The van der Waals surface area contributed by atoms with Crippen LogP contribution in [-0.4, -0.2) is 10.4 Å². The number of rotatable bonds is 4. The number of aromatic nitrogens is 1. The number of hydrogen-bond donors (Lipinski definition) is 0. The fourth-order valence-electron chi connectivity index (χ4n) is 2.29. The lowest BCUT2D eigenvalue weighted by Crippen LogP contribution is -2.04. The van der Waals surface area contributed by atoms with E-state index in [1.54, 1.807) is 0 Å². The Morgan fingerprint density at radius 2 is 2.11 bits per heavy atom. The number of hydrogen-bond acceptors (Lipinski definition) is 1. The van der Waals surface area contributed by atoms with Crippen molar-refractivity contribution in [3.63, 3.8) is 0 Å². The van der Waals surface area contributed by atoms with E-state index < -0.39 is 0 Å². The van der Waals surface area contributed by atoms with E-state index in [9.17, 15) is 4.79 Å². The molecule has 2 nitrogen and oxygen atoms in total. The molecule has 0 aliphatic carbocycles. The highest BCUT2D eigenvalue weighted by atomic mass is 16.1. The molecule has 1 unspecified atom stereocenters. The molecule has 2 aromatic rings. The van der Waals surface area contributed by atoms with Gasteiger partial charge in [-0.15, -0.1) is 0 Å². The predicted octanol–water partition coefficient (Wildman–Crippen LogP) is 4.11. The molecule has 1 aromatic carbocycles. The van der Waals surface area contributed by atoms with Crippen molar-refractivity contribution in [2.24, 2.45) is 13.0 Å². The number of carbonyl (C=O) groups is 1. The molecule has 0 saturated heterocycles. The molecule has 0 fully saturated rings. The smallest absolute Gasteiger partial charge is 0.165 e. The zero-order valence-corrected chi connectivity index (χ0v) is 11.7. The second-order valence-electron chi connectivity index (χ2n) is 5.32. The Kier molecular flexibility index (Phi) is 3.55. The highest BCUT2D eigenvalue weighted by Gasteiger charge is 2.15. The molecular formula is C16H21NO. The number of nitrogens with zero attached hydrogens (tertiary/aromatic N) is 1. The van der Waals surface area contributed by atoms with Crippen molar-refractivity contribution in [3.05, 3.63) is 35.5 Å². The zero-order chi connectivity index (χ0) is 13.3. The van der Waals surface area contributed by atoms with Crippen LogP contribution in [0, 0.1) is 12.8 Å². The summed E-state index contributed by atoms with van der Waals surface area (Å²) >= 11 is 0. The molecule has 1 aromatic heterocycles. The van der Waals surface area contributed by atoms with Crippen LogP contribution in [0.5, 0.6) is 0 Å². The number of benzene rings is 1. The summed E-state index contributed by atoms with van der Waals surface area (Å²) in [6, 6.07) is 6.27. The largest absolute Gasteiger partial charge is 0.350 e. The lowest BCUT2D eigenvalue weighted by molar-refractivity contribution is 0.0965. The van der Waals surface area contributed by atoms with Crippen LogP contribution in [0.2, 0.25) is 0 Å². The predicted molar refractivity (Wildman–Crippen MR) is 76.1 cm³/mol. The van der Waals surface area contributed by atoms with Gasteiger partial charge in [-0.1, -0.05) is 32.4 Å². The molecule has 0 amide bonds. The van der Waals surface area contributed by atoms with Gasteiger partial charge in [0.25, 0.3) is 0 Å². The van der Waals surface area contributed by atoms with E-state index in [1.165, 1.54) is 5.56 Å². The first kappa shape index (κ1) is 12.9. The molecule has 96 valence electrons. The van der Waals surface area contributed by atoms with Crippen molar-refractivity contribution >= 4 is 16.7 Å². The first-order chi connectivity index (χ1) is 8.52. The molecule has 1 atom stereocenters. The molecule has 0 bridgehead atoms. The third kappa shape index (κ3) is 2.33. The van der Waals surface area contributed by atoms with Gasteiger partial charge < -0.3 is 4.57 Å². The molecule has 18 heavy (non-hydrogen) atoms. The van der Waals surface area contributed by atoms with Crippen molar-refractivity contribution < 1.29 is 4.79 Å². The first-order valence-electron chi connectivity index (χ1n) is 6.61. The Morgan fingerprint density at radius 1 is 1.39 bits per heavy atom. The van der Waals surface area contributed by atoms with Crippen molar-refractivity contribution in [1.29, 1.82) is 0 Å². The van der Waals surface area contributed by atoms with Crippen LogP contribution >= 0.6 is 0 Å². The summed E-state index contributed by atoms with van der Waals surface area (Å²) in [6.07, 6.45) is 3.66. The van der Waals surface area contributed by atoms with Crippen molar-refractivity contribution in [2.75, 3.05) is 0 Å². The molecule has 0 saturated carbocycles. The van der Waals surface area contributed by atoms with Gasteiger partial charge >= 0.3 is 0 Å². The maximum absolute atomic E-state index is 12.3. The summed E-state index contributed by atoms with van der Waals surface area (Å²) in [5.41, 5.74) is 3.24. The van der Waals surface area contributed by atoms with Gasteiger partial charge in [-0.3, -0.25) is 4.79 Å². The Hall–Kier alpha value is -1.57. The average molecular weight is 243 g/mol. The van der Waals surface area contributed by atoms with E-state index >= 15 is 0 Å². The van der Waals surface area contributed by atoms with Crippen LogP contribution < -0.4 is 0 Å². The van der Waals surface area contributed by atoms with Crippen LogP contribution in [0.3, 0.4) is 0 Å². The lowest BCUT2D eigenvalue weighted by atomic mass is 9.97. The van der Waals surface area contributed by atoms with Gasteiger partial charge in [0.1, 0.15) is 0 Å². The molecule has 0 aliphatic heterocycles. The number of ketones is 1. The summed E-state index contributed by atoms with van der Waals surface area (Å²) in [5, 5.41) is 1.08. The Bertz CT molecular complexity index is 580. The zero-order valence-electron chi connectivity index (χ0n) is 11.7. The highest BCUT2D eigenvalue weighted by Crippen LogP contribution is 2.24. The van der Waals surface area contributed by atoms with Crippen LogP contribution in [0.25, 0.3) is 10.9 Å². The highest BCUT2D eigenvalue weighted by molar-refractivity contribution is 6.08. The van der Waals surface area contributed by atoms with Crippen LogP contribution in [0.1, 0.15) is 42.6 Å². The van der Waals surface area contributed by atoms with E-state index in [0.717, 1.165) is 22.9 Å². The normalized spacial score (nSPS) is 12.9. The number of carbonyl (C=O) groups excluding carboxylic acids is 1. The molecule has 1 heterocycles. The van der Waals surface area contributed by atoms with Crippen molar-refractivity contribution in [3.8, 4) is 0 Å². The minimum Gasteiger partial charge on any atom is -0.350 e. The summed E-state index contributed by atoms with van der Waals surface area (Å²) in [7, 11) is 2.00. The molecule has 0 radical (unpaired) electrons. The average Bonchev–Trinajstić information content (AvgIpc) is 2.66.